The van der Waals surface area contributed by atoms with E-state index >= 15 is 0 Å². The Labute approximate surface area is 144 Å². The molecule has 20 heavy (non-hydrogen) atoms. The standard InChI is InChI=1S/C12H8Br3ClN2O2/c1-2-6-10(16)17-12(20)18(11(6)19)9-7(14)3-5(13)4-8(9)15/h3-4H,2H2,1H3,(H,17,20). The van der Waals surface area contributed by atoms with Crippen LogP contribution < -0.4 is 11.2 Å². The molecule has 106 valence electrons. The summed E-state index contributed by atoms with van der Waals surface area (Å²) in [5.74, 6) is 0. The second-order valence-electron chi connectivity index (χ2n) is 3.93. The third kappa shape index (κ3) is 2.81. The molecule has 0 aliphatic carbocycles. The lowest BCUT2D eigenvalue weighted by atomic mass is 10.2. The normalized spacial score (nSPS) is 10.8. The first-order valence-electron chi connectivity index (χ1n) is 5.55. The van der Waals surface area contributed by atoms with Crippen LogP contribution in [0.25, 0.3) is 5.69 Å². The van der Waals surface area contributed by atoms with Gasteiger partial charge in [-0.15, -0.1) is 0 Å². The summed E-state index contributed by atoms with van der Waals surface area (Å²) in [7, 11) is 0. The van der Waals surface area contributed by atoms with Crippen molar-refractivity contribution in [1.29, 1.82) is 0 Å². The number of halogens is 4. The van der Waals surface area contributed by atoms with Crippen molar-refractivity contribution >= 4 is 59.4 Å². The summed E-state index contributed by atoms with van der Waals surface area (Å²) in [5.41, 5.74) is -0.204. The molecular formula is C12H8Br3ClN2O2. The van der Waals surface area contributed by atoms with E-state index in [9.17, 15) is 9.59 Å². The summed E-state index contributed by atoms with van der Waals surface area (Å²) in [5, 5.41) is 0.0862. The molecule has 0 atom stereocenters. The molecule has 0 amide bonds. The molecule has 0 spiro atoms. The van der Waals surface area contributed by atoms with E-state index in [1.165, 1.54) is 0 Å². The van der Waals surface area contributed by atoms with Crippen molar-refractivity contribution < 1.29 is 0 Å². The molecule has 0 saturated heterocycles. The van der Waals surface area contributed by atoms with Crippen molar-refractivity contribution in [2.24, 2.45) is 0 Å². The zero-order valence-electron chi connectivity index (χ0n) is 10.1. The first-order valence-corrected chi connectivity index (χ1v) is 8.31. The number of H-pyrrole nitrogens is 1. The van der Waals surface area contributed by atoms with Gasteiger partial charge in [0.15, 0.2) is 0 Å². The summed E-state index contributed by atoms with van der Waals surface area (Å²) >= 11 is 16.0. The fourth-order valence-electron chi connectivity index (χ4n) is 1.80. The molecule has 0 bridgehead atoms. The highest BCUT2D eigenvalue weighted by molar-refractivity contribution is 9.11. The highest BCUT2D eigenvalue weighted by atomic mass is 79.9. The maximum atomic E-state index is 12.4. The van der Waals surface area contributed by atoms with Gasteiger partial charge in [-0.25, -0.2) is 9.36 Å². The monoisotopic (exact) mass is 484 g/mol. The predicted octanol–water partition coefficient (Wildman–Crippen LogP) is 4.03. The Kier molecular flexibility index (Phi) is 4.94. The Morgan fingerprint density at radius 3 is 2.25 bits per heavy atom. The van der Waals surface area contributed by atoms with Crippen molar-refractivity contribution in [3.05, 3.63) is 57.1 Å². The molecule has 0 saturated carbocycles. The maximum absolute atomic E-state index is 12.4. The fraction of sp³-hybridized carbons (Fsp3) is 0.167. The minimum atomic E-state index is -0.582. The van der Waals surface area contributed by atoms with Crippen LogP contribution in [0.5, 0.6) is 0 Å². The summed E-state index contributed by atoms with van der Waals surface area (Å²) in [6.45, 7) is 1.80. The molecular weight excluding hydrogens is 479 g/mol. The fourth-order valence-corrected chi connectivity index (χ4v) is 4.71. The Hall–Kier alpha value is -0.370. The molecule has 0 fully saturated rings. The number of nitrogens with zero attached hydrogens (tertiary/aromatic N) is 1. The number of aromatic nitrogens is 2. The predicted molar refractivity (Wildman–Crippen MR) is 90.1 cm³/mol. The number of rotatable bonds is 2. The number of hydrogen-bond acceptors (Lipinski definition) is 2. The van der Waals surface area contributed by atoms with Gasteiger partial charge in [0.05, 0.1) is 11.3 Å². The SMILES string of the molecule is CCc1c(Cl)[nH]c(=O)n(-c2c(Br)cc(Br)cc2Br)c1=O. The molecule has 1 heterocycles. The van der Waals surface area contributed by atoms with E-state index in [4.69, 9.17) is 11.6 Å². The Morgan fingerprint density at radius 1 is 1.20 bits per heavy atom. The molecule has 1 aromatic heterocycles. The Bertz CT molecular complexity index is 775. The summed E-state index contributed by atoms with van der Waals surface area (Å²) in [4.78, 5) is 27.0. The van der Waals surface area contributed by atoms with Gasteiger partial charge in [0.1, 0.15) is 5.15 Å². The minimum absolute atomic E-state index is 0.0862. The highest BCUT2D eigenvalue weighted by Gasteiger charge is 2.17. The molecule has 2 aromatic rings. The Balaban J connectivity index is 2.91. The smallest absolute Gasteiger partial charge is 0.297 e. The molecule has 4 nitrogen and oxygen atoms in total. The lowest BCUT2D eigenvalue weighted by Gasteiger charge is -2.12. The van der Waals surface area contributed by atoms with Crippen molar-refractivity contribution in [2.75, 3.05) is 0 Å². The van der Waals surface area contributed by atoms with Gasteiger partial charge in [0.25, 0.3) is 5.56 Å². The van der Waals surface area contributed by atoms with Crippen LogP contribution in [0.4, 0.5) is 0 Å². The summed E-state index contributed by atoms with van der Waals surface area (Å²) in [6.07, 6.45) is 0.431. The van der Waals surface area contributed by atoms with Crippen LogP contribution >= 0.6 is 59.4 Å². The van der Waals surface area contributed by atoms with Crippen LogP contribution in [0.2, 0.25) is 5.15 Å². The zero-order valence-corrected chi connectivity index (χ0v) is 15.7. The largest absolute Gasteiger partial charge is 0.334 e. The quantitative estimate of drug-likeness (QED) is 0.651. The highest BCUT2D eigenvalue weighted by Crippen LogP contribution is 2.31. The molecule has 1 aromatic carbocycles. The van der Waals surface area contributed by atoms with E-state index < -0.39 is 11.2 Å². The van der Waals surface area contributed by atoms with Crippen LogP contribution in [0.3, 0.4) is 0 Å². The van der Waals surface area contributed by atoms with Crippen LogP contribution in [0.15, 0.2) is 35.1 Å². The van der Waals surface area contributed by atoms with Gasteiger partial charge in [-0.1, -0.05) is 34.5 Å². The van der Waals surface area contributed by atoms with Gasteiger partial charge < -0.3 is 0 Å². The van der Waals surface area contributed by atoms with Gasteiger partial charge in [0.2, 0.25) is 0 Å². The van der Waals surface area contributed by atoms with E-state index in [0.29, 0.717) is 26.6 Å². The van der Waals surface area contributed by atoms with Gasteiger partial charge in [-0.3, -0.25) is 9.78 Å². The second-order valence-corrected chi connectivity index (χ2v) is 6.94. The molecule has 0 radical (unpaired) electrons. The van der Waals surface area contributed by atoms with E-state index in [-0.39, 0.29) is 5.15 Å². The van der Waals surface area contributed by atoms with Gasteiger partial charge in [0, 0.05) is 13.4 Å². The van der Waals surface area contributed by atoms with E-state index in [1.807, 2.05) is 0 Å². The number of nitrogens with one attached hydrogen (secondary N) is 1. The third-order valence-electron chi connectivity index (χ3n) is 2.70. The second kappa shape index (κ2) is 6.17. The molecule has 2 rings (SSSR count). The van der Waals surface area contributed by atoms with Crippen molar-refractivity contribution in [3.8, 4) is 5.69 Å². The third-order valence-corrected chi connectivity index (χ3v) is 4.69. The molecule has 1 N–H and O–H groups in total. The lowest BCUT2D eigenvalue weighted by Crippen LogP contribution is -2.36. The number of hydrogen-bond donors (Lipinski definition) is 1. The number of aromatic amines is 1. The molecule has 8 heteroatoms. The van der Waals surface area contributed by atoms with Crippen LogP contribution in [-0.4, -0.2) is 9.55 Å². The average molecular weight is 487 g/mol. The van der Waals surface area contributed by atoms with Gasteiger partial charge in [-0.05, 0) is 50.4 Å². The summed E-state index contributed by atoms with van der Waals surface area (Å²) in [6, 6.07) is 3.51. The van der Waals surface area contributed by atoms with E-state index in [1.54, 1.807) is 19.1 Å². The Morgan fingerprint density at radius 2 is 1.75 bits per heavy atom. The topological polar surface area (TPSA) is 54.9 Å². The first kappa shape index (κ1) is 16.0. The average Bonchev–Trinajstić information content (AvgIpc) is 2.32. The minimum Gasteiger partial charge on any atom is -0.297 e. The molecule has 0 aliphatic heterocycles. The van der Waals surface area contributed by atoms with Crippen molar-refractivity contribution in [2.45, 2.75) is 13.3 Å². The van der Waals surface area contributed by atoms with E-state index in [0.717, 1.165) is 9.04 Å². The van der Waals surface area contributed by atoms with Crippen LogP contribution in [-0.2, 0) is 6.42 Å². The zero-order chi connectivity index (χ0) is 15.0. The van der Waals surface area contributed by atoms with Crippen LogP contribution in [0, 0.1) is 0 Å². The molecule has 0 aliphatic rings. The van der Waals surface area contributed by atoms with Crippen LogP contribution in [0.1, 0.15) is 12.5 Å². The van der Waals surface area contributed by atoms with E-state index in [2.05, 4.69) is 52.8 Å². The summed E-state index contributed by atoms with van der Waals surface area (Å²) < 4.78 is 3.09. The van der Waals surface area contributed by atoms with Gasteiger partial charge in [-0.2, -0.15) is 0 Å². The molecule has 0 unspecified atom stereocenters. The first-order chi connectivity index (χ1) is 9.36. The maximum Gasteiger partial charge on any atom is 0.334 e. The lowest BCUT2D eigenvalue weighted by molar-refractivity contribution is 0.836. The van der Waals surface area contributed by atoms with Crippen molar-refractivity contribution in [1.82, 2.24) is 9.55 Å². The van der Waals surface area contributed by atoms with Gasteiger partial charge >= 0.3 is 5.69 Å². The number of benzene rings is 1. The van der Waals surface area contributed by atoms with Crippen molar-refractivity contribution in [3.63, 3.8) is 0 Å².